The molecular formula is C30H35N5O5. The van der Waals surface area contributed by atoms with E-state index in [1.54, 1.807) is 43.5 Å². The second-order valence-electron chi connectivity index (χ2n) is 9.66. The number of fused-ring (bicyclic) bond motifs is 1. The molecule has 4 rings (SSSR count). The predicted octanol–water partition coefficient (Wildman–Crippen LogP) is 4.39. The number of amides is 2. The van der Waals surface area contributed by atoms with Crippen molar-refractivity contribution in [2.45, 2.75) is 32.9 Å². The van der Waals surface area contributed by atoms with Gasteiger partial charge in [-0.3, -0.25) is 14.5 Å². The molecule has 0 saturated heterocycles. The molecule has 1 heterocycles. The Balaban J connectivity index is 1.85. The number of hydrogen-bond acceptors (Lipinski definition) is 7. The van der Waals surface area contributed by atoms with Crippen molar-refractivity contribution >= 4 is 28.5 Å². The van der Waals surface area contributed by atoms with E-state index in [1.807, 2.05) is 30.3 Å². The third kappa shape index (κ3) is 6.17. The molecule has 0 saturated carbocycles. The molecule has 40 heavy (non-hydrogen) atoms. The summed E-state index contributed by atoms with van der Waals surface area (Å²) in [5.41, 5.74) is 2.36. The van der Waals surface area contributed by atoms with E-state index in [0.717, 1.165) is 6.42 Å². The van der Waals surface area contributed by atoms with Crippen molar-refractivity contribution in [1.29, 1.82) is 0 Å². The minimum Gasteiger partial charge on any atom is -0.495 e. The first kappa shape index (κ1) is 28.4. The van der Waals surface area contributed by atoms with Crippen LogP contribution in [0.4, 0.5) is 5.69 Å². The van der Waals surface area contributed by atoms with E-state index in [-0.39, 0.29) is 18.4 Å². The van der Waals surface area contributed by atoms with Crippen molar-refractivity contribution in [3.63, 3.8) is 0 Å². The quantitative estimate of drug-likeness (QED) is 0.281. The van der Waals surface area contributed by atoms with Crippen LogP contribution in [0.25, 0.3) is 11.0 Å². The number of methoxy groups -OCH3 is 3. The lowest BCUT2D eigenvalue weighted by atomic mass is 10.0. The summed E-state index contributed by atoms with van der Waals surface area (Å²) in [4.78, 5) is 29.7. The third-order valence-corrected chi connectivity index (χ3v) is 6.57. The normalized spacial score (nSPS) is 11.8. The molecule has 4 aromatic rings. The molecule has 0 radical (unpaired) electrons. The second-order valence-corrected chi connectivity index (χ2v) is 9.66. The van der Waals surface area contributed by atoms with Gasteiger partial charge in [0.15, 0.2) is 11.5 Å². The number of ether oxygens (including phenoxy) is 3. The maximum absolute atomic E-state index is 14.2. The molecule has 0 aliphatic heterocycles. The minimum absolute atomic E-state index is 0.151. The van der Waals surface area contributed by atoms with Crippen LogP contribution in [0.3, 0.4) is 0 Å². The molecule has 1 aromatic heterocycles. The summed E-state index contributed by atoms with van der Waals surface area (Å²) in [7, 11) is 4.60. The monoisotopic (exact) mass is 545 g/mol. The smallest absolute Gasteiger partial charge is 0.249 e. The number of aromatic nitrogens is 3. The van der Waals surface area contributed by atoms with Crippen molar-refractivity contribution < 1.29 is 23.8 Å². The van der Waals surface area contributed by atoms with Crippen LogP contribution in [-0.4, -0.2) is 54.7 Å². The average molecular weight is 546 g/mol. The van der Waals surface area contributed by atoms with E-state index < -0.39 is 6.04 Å². The Bertz CT molecular complexity index is 1470. The van der Waals surface area contributed by atoms with E-state index in [9.17, 15) is 9.59 Å². The van der Waals surface area contributed by atoms with Crippen LogP contribution < -0.4 is 24.4 Å². The highest BCUT2D eigenvalue weighted by atomic mass is 16.5. The van der Waals surface area contributed by atoms with Crippen LogP contribution >= 0.6 is 0 Å². The second kappa shape index (κ2) is 13.0. The maximum Gasteiger partial charge on any atom is 0.249 e. The van der Waals surface area contributed by atoms with Crippen molar-refractivity contribution in [3.8, 4) is 17.2 Å². The lowest BCUT2D eigenvalue weighted by Gasteiger charge is -2.32. The molecule has 0 bridgehead atoms. The number of hydrogen-bond donors (Lipinski definition) is 1. The predicted molar refractivity (Wildman–Crippen MR) is 153 cm³/mol. The van der Waals surface area contributed by atoms with Crippen molar-refractivity contribution in [3.05, 3.63) is 72.3 Å². The molecule has 3 aromatic carbocycles. The summed E-state index contributed by atoms with van der Waals surface area (Å²) >= 11 is 0. The van der Waals surface area contributed by atoms with Gasteiger partial charge in [0.1, 0.15) is 23.9 Å². The highest BCUT2D eigenvalue weighted by Gasteiger charge is 2.35. The van der Waals surface area contributed by atoms with E-state index in [0.29, 0.717) is 52.0 Å². The summed E-state index contributed by atoms with van der Waals surface area (Å²) < 4.78 is 18.1. The fourth-order valence-electron chi connectivity index (χ4n) is 4.51. The van der Waals surface area contributed by atoms with Gasteiger partial charge in [-0.1, -0.05) is 49.4 Å². The van der Waals surface area contributed by atoms with Gasteiger partial charge < -0.3 is 19.5 Å². The molecule has 210 valence electrons. The Morgan fingerprint density at radius 1 is 0.900 bits per heavy atom. The molecule has 0 aliphatic carbocycles. The Kier molecular flexibility index (Phi) is 9.21. The van der Waals surface area contributed by atoms with Crippen molar-refractivity contribution in [2.75, 3.05) is 32.8 Å². The van der Waals surface area contributed by atoms with Gasteiger partial charge in [-0.2, -0.15) is 0 Å². The molecule has 2 amide bonds. The lowest BCUT2D eigenvalue weighted by molar-refractivity contribution is -0.127. The van der Waals surface area contributed by atoms with Gasteiger partial charge >= 0.3 is 0 Å². The molecule has 0 spiro atoms. The van der Waals surface area contributed by atoms with Gasteiger partial charge in [-0.25, -0.2) is 4.68 Å². The molecule has 0 aliphatic rings. The Morgan fingerprint density at radius 3 is 2.33 bits per heavy atom. The Morgan fingerprint density at radius 2 is 1.60 bits per heavy atom. The lowest BCUT2D eigenvalue weighted by Crippen LogP contribution is -2.45. The summed E-state index contributed by atoms with van der Waals surface area (Å²) in [5, 5.41) is 11.4. The molecule has 0 unspecified atom stereocenters. The van der Waals surface area contributed by atoms with Crippen LogP contribution in [0.2, 0.25) is 0 Å². The highest BCUT2D eigenvalue weighted by molar-refractivity contribution is 6.02. The molecule has 10 nitrogen and oxygen atoms in total. The highest BCUT2D eigenvalue weighted by Crippen LogP contribution is 2.38. The first-order valence-corrected chi connectivity index (χ1v) is 13.1. The Hall–Kier alpha value is -4.60. The number of nitrogens with zero attached hydrogens (tertiary/aromatic N) is 4. The van der Waals surface area contributed by atoms with Crippen LogP contribution in [-0.2, 0) is 16.1 Å². The Labute approximate surface area is 233 Å². The van der Waals surface area contributed by atoms with Crippen LogP contribution in [0.15, 0.2) is 66.7 Å². The number of carbonyl (C=O) groups is 2. The zero-order chi connectivity index (χ0) is 28.6. The van der Waals surface area contributed by atoms with E-state index in [1.165, 1.54) is 23.8 Å². The molecular weight excluding hydrogens is 510 g/mol. The van der Waals surface area contributed by atoms with Gasteiger partial charge in [0.2, 0.25) is 11.8 Å². The van der Waals surface area contributed by atoms with Crippen molar-refractivity contribution in [1.82, 2.24) is 20.3 Å². The first-order chi connectivity index (χ1) is 19.4. The number of nitrogens with one attached hydrogen (secondary N) is 1. The summed E-state index contributed by atoms with van der Waals surface area (Å²) in [5.74, 6) is 1.07. The number of carbonyl (C=O) groups excluding carboxylic acids is 2. The first-order valence-electron chi connectivity index (χ1n) is 13.1. The molecule has 10 heteroatoms. The largest absolute Gasteiger partial charge is 0.495 e. The standard InChI is InChI=1S/C30H35N5O5/c1-20(2)16-17-31-30(37)29(21-14-15-26(39-4)27(18-21)40-5)35(24-12-8-9-13-25(24)38-3)28(36)19-34-23-11-7-6-10-22(23)32-33-34/h6-15,18,20,29H,16-17,19H2,1-5H3,(H,31,37)/t29-/m0/s1. The average Bonchev–Trinajstić information content (AvgIpc) is 3.37. The van der Waals surface area contributed by atoms with E-state index >= 15 is 0 Å². The number of anilines is 1. The molecule has 1 N–H and O–H groups in total. The number of rotatable bonds is 12. The summed E-state index contributed by atoms with van der Waals surface area (Å²) in [6.45, 7) is 4.49. The van der Waals surface area contributed by atoms with E-state index in [2.05, 4.69) is 29.5 Å². The van der Waals surface area contributed by atoms with Gasteiger partial charge in [0, 0.05) is 6.54 Å². The van der Waals surface area contributed by atoms with Crippen LogP contribution in [0.5, 0.6) is 17.2 Å². The van der Waals surface area contributed by atoms with Gasteiger partial charge in [0.05, 0.1) is 32.5 Å². The zero-order valence-electron chi connectivity index (χ0n) is 23.5. The van der Waals surface area contributed by atoms with Crippen molar-refractivity contribution in [2.24, 2.45) is 5.92 Å². The minimum atomic E-state index is -1.05. The molecule has 0 fully saturated rings. The fraction of sp³-hybridized carbons (Fsp3) is 0.333. The van der Waals surface area contributed by atoms with E-state index in [4.69, 9.17) is 14.2 Å². The topological polar surface area (TPSA) is 108 Å². The van der Waals surface area contributed by atoms with Gasteiger partial charge in [-0.15, -0.1) is 5.10 Å². The van der Waals surface area contributed by atoms with Gasteiger partial charge in [-0.05, 0) is 54.3 Å². The van der Waals surface area contributed by atoms with Gasteiger partial charge in [0.25, 0.3) is 0 Å². The fourth-order valence-corrected chi connectivity index (χ4v) is 4.51. The summed E-state index contributed by atoms with van der Waals surface area (Å²) in [6.07, 6.45) is 0.790. The zero-order valence-corrected chi connectivity index (χ0v) is 23.5. The SMILES string of the molecule is COc1ccc([C@@H](C(=O)NCCC(C)C)N(C(=O)Cn2nnc3ccccc32)c2ccccc2OC)cc1OC. The third-order valence-electron chi connectivity index (χ3n) is 6.57. The van der Waals surface area contributed by atoms with Crippen LogP contribution in [0, 0.1) is 5.92 Å². The summed E-state index contributed by atoms with van der Waals surface area (Å²) in [6, 6.07) is 18.7. The molecule has 1 atom stereocenters. The van der Waals surface area contributed by atoms with Crippen LogP contribution in [0.1, 0.15) is 31.9 Å². The number of benzene rings is 3. The number of para-hydroxylation sites is 3. The maximum atomic E-state index is 14.2.